The number of ketones is 2. The van der Waals surface area contributed by atoms with E-state index in [0.717, 1.165) is 0 Å². The molecule has 4 heteroatoms. The monoisotopic (exact) mass is 264 g/mol. The molecule has 0 aromatic heterocycles. The Balaban J connectivity index is 0.00000154. The first-order valence-electron chi connectivity index (χ1n) is 6.22. The van der Waals surface area contributed by atoms with Crippen LogP contribution in [0, 0.1) is 5.92 Å². The zero-order valence-corrected chi connectivity index (χ0v) is 11.8. The predicted molar refractivity (Wildman–Crippen MR) is 72.9 cm³/mol. The lowest BCUT2D eigenvalue weighted by atomic mass is 9.95. The predicted octanol–water partition coefficient (Wildman–Crippen LogP) is 2.66. The lowest BCUT2D eigenvalue weighted by molar-refractivity contribution is -0.148. The summed E-state index contributed by atoms with van der Waals surface area (Å²) in [5.41, 5.74) is 0.489. The number of Topliss-reactive ketones (excluding diaryl/α,β-unsaturated/α-hetero) is 2. The molecule has 0 aliphatic heterocycles. The van der Waals surface area contributed by atoms with E-state index in [0.29, 0.717) is 5.56 Å². The smallest absolute Gasteiger partial charge is 0.316 e. The van der Waals surface area contributed by atoms with Crippen molar-refractivity contribution in [1.82, 2.24) is 0 Å². The van der Waals surface area contributed by atoms with Crippen LogP contribution in [0.2, 0.25) is 0 Å². The van der Waals surface area contributed by atoms with Gasteiger partial charge in [0.05, 0.1) is 7.11 Å². The van der Waals surface area contributed by atoms with E-state index in [1.807, 2.05) is 13.8 Å². The molecule has 1 atom stereocenters. The van der Waals surface area contributed by atoms with Crippen molar-refractivity contribution in [1.29, 1.82) is 0 Å². The van der Waals surface area contributed by atoms with Crippen LogP contribution < -0.4 is 0 Å². The first-order valence-corrected chi connectivity index (χ1v) is 6.22. The molecular weight excluding hydrogens is 244 g/mol. The largest absolute Gasteiger partial charge is 0.468 e. The number of rotatable bonds is 5. The Hall–Kier alpha value is -1.97. The maximum absolute atomic E-state index is 11.8. The molecule has 0 N–H and O–H groups in total. The third-order valence-corrected chi connectivity index (χ3v) is 2.46. The highest BCUT2D eigenvalue weighted by Crippen LogP contribution is 2.12. The molecule has 0 saturated heterocycles. The van der Waals surface area contributed by atoms with Crippen LogP contribution in [-0.2, 0) is 14.3 Å². The molecule has 1 aromatic rings. The van der Waals surface area contributed by atoms with Gasteiger partial charge in [0.15, 0.2) is 5.78 Å². The van der Waals surface area contributed by atoms with Gasteiger partial charge in [-0.25, -0.2) is 0 Å². The van der Waals surface area contributed by atoms with E-state index < -0.39 is 11.9 Å². The van der Waals surface area contributed by atoms with Crippen LogP contribution in [0.15, 0.2) is 30.3 Å². The van der Waals surface area contributed by atoms with Crippen molar-refractivity contribution in [2.24, 2.45) is 5.92 Å². The standard InChI is InChI=1S/C13H14O4.C2H6/c1-9(14)11(13(16)17-2)8-12(15)10-6-4-3-5-7-10;1-2/h3-7,11H,8H2,1-2H3;1-2H3. The van der Waals surface area contributed by atoms with Gasteiger partial charge in [-0.1, -0.05) is 44.2 Å². The Labute approximate surface area is 113 Å². The number of methoxy groups -OCH3 is 1. The van der Waals surface area contributed by atoms with Gasteiger partial charge in [-0.3, -0.25) is 14.4 Å². The minimum Gasteiger partial charge on any atom is -0.468 e. The van der Waals surface area contributed by atoms with Crippen molar-refractivity contribution in [2.75, 3.05) is 7.11 Å². The Morgan fingerprint density at radius 3 is 2.05 bits per heavy atom. The highest BCUT2D eigenvalue weighted by Gasteiger charge is 2.27. The topological polar surface area (TPSA) is 60.4 Å². The summed E-state index contributed by atoms with van der Waals surface area (Å²) in [5.74, 6) is -2.27. The molecule has 1 unspecified atom stereocenters. The van der Waals surface area contributed by atoms with Crippen LogP contribution in [0.3, 0.4) is 0 Å². The molecule has 0 heterocycles. The lowest BCUT2D eigenvalue weighted by Gasteiger charge is -2.10. The molecule has 0 aliphatic rings. The Kier molecular flexibility index (Phi) is 8.09. The SMILES string of the molecule is CC.COC(=O)C(CC(=O)c1ccccc1)C(C)=O. The Morgan fingerprint density at radius 1 is 1.11 bits per heavy atom. The van der Waals surface area contributed by atoms with E-state index in [4.69, 9.17) is 0 Å². The average molecular weight is 264 g/mol. The number of hydrogen-bond donors (Lipinski definition) is 0. The first kappa shape index (κ1) is 17.0. The van der Waals surface area contributed by atoms with Gasteiger partial charge in [-0.15, -0.1) is 0 Å². The molecule has 0 aliphatic carbocycles. The number of ether oxygens (including phenoxy) is 1. The van der Waals surface area contributed by atoms with Gasteiger partial charge in [-0.05, 0) is 6.92 Å². The summed E-state index contributed by atoms with van der Waals surface area (Å²) in [4.78, 5) is 34.4. The van der Waals surface area contributed by atoms with Crippen LogP contribution in [0.5, 0.6) is 0 Å². The highest BCUT2D eigenvalue weighted by molar-refractivity contribution is 6.05. The Morgan fingerprint density at radius 2 is 1.63 bits per heavy atom. The average Bonchev–Trinajstić information content (AvgIpc) is 2.46. The van der Waals surface area contributed by atoms with Crippen molar-refractivity contribution in [2.45, 2.75) is 27.2 Å². The highest BCUT2D eigenvalue weighted by atomic mass is 16.5. The molecule has 0 amide bonds. The number of benzene rings is 1. The molecule has 0 saturated carbocycles. The number of carbonyl (C=O) groups excluding carboxylic acids is 3. The molecule has 19 heavy (non-hydrogen) atoms. The fourth-order valence-electron chi connectivity index (χ4n) is 1.46. The second-order valence-corrected chi connectivity index (χ2v) is 3.68. The van der Waals surface area contributed by atoms with Gasteiger partial charge in [0.2, 0.25) is 0 Å². The van der Waals surface area contributed by atoms with Crippen LogP contribution in [0.1, 0.15) is 37.6 Å². The van der Waals surface area contributed by atoms with Gasteiger partial charge in [-0.2, -0.15) is 0 Å². The van der Waals surface area contributed by atoms with E-state index in [2.05, 4.69) is 4.74 Å². The molecule has 104 valence electrons. The van der Waals surface area contributed by atoms with Crippen molar-refractivity contribution < 1.29 is 19.1 Å². The van der Waals surface area contributed by atoms with E-state index in [9.17, 15) is 14.4 Å². The molecule has 0 spiro atoms. The van der Waals surface area contributed by atoms with Crippen molar-refractivity contribution in [3.63, 3.8) is 0 Å². The van der Waals surface area contributed by atoms with Gasteiger partial charge < -0.3 is 4.74 Å². The van der Waals surface area contributed by atoms with E-state index in [1.54, 1.807) is 30.3 Å². The van der Waals surface area contributed by atoms with E-state index in [-0.39, 0.29) is 18.0 Å². The maximum Gasteiger partial charge on any atom is 0.316 e. The molecule has 0 radical (unpaired) electrons. The van der Waals surface area contributed by atoms with Crippen molar-refractivity contribution in [3.8, 4) is 0 Å². The number of hydrogen-bond acceptors (Lipinski definition) is 4. The van der Waals surface area contributed by atoms with Crippen LogP contribution >= 0.6 is 0 Å². The zero-order chi connectivity index (χ0) is 14.8. The van der Waals surface area contributed by atoms with E-state index >= 15 is 0 Å². The fraction of sp³-hybridized carbons (Fsp3) is 0.400. The van der Waals surface area contributed by atoms with Crippen LogP contribution in [0.4, 0.5) is 0 Å². The first-order chi connectivity index (χ1) is 9.06. The van der Waals surface area contributed by atoms with E-state index in [1.165, 1.54) is 14.0 Å². The molecular formula is C15H20O4. The lowest BCUT2D eigenvalue weighted by Crippen LogP contribution is -2.26. The van der Waals surface area contributed by atoms with Crippen LogP contribution in [-0.4, -0.2) is 24.6 Å². The van der Waals surface area contributed by atoms with Gasteiger partial charge >= 0.3 is 5.97 Å². The molecule has 4 nitrogen and oxygen atoms in total. The summed E-state index contributed by atoms with van der Waals surface area (Å²) in [6.45, 7) is 5.28. The Bertz CT molecular complexity index is 423. The maximum atomic E-state index is 11.8. The number of carbonyl (C=O) groups is 3. The molecule has 1 rings (SSSR count). The van der Waals surface area contributed by atoms with Gasteiger partial charge in [0, 0.05) is 12.0 Å². The van der Waals surface area contributed by atoms with Crippen molar-refractivity contribution >= 4 is 17.5 Å². The van der Waals surface area contributed by atoms with Gasteiger partial charge in [0.1, 0.15) is 11.7 Å². The van der Waals surface area contributed by atoms with Crippen molar-refractivity contribution in [3.05, 3.63) is 35.9 Å². The zero-order valence-electron chi connectivity index (χ0n) is 11.8. The normalized spacial score (nSPS) is 10.7. The van der Waals surface area contributed by atoms with Crippen LogP contribution in [0.25, 0.3) is 0 Å². The third-order valence-electron chi connectivity index (χ3n) is 2.46. The summed E-state index contributed by atoms with van der Waals surface area (Å²) < 4.78 is 4.50. The summed E-state index contributed by atoms with van der Waals surface area (Å²) in [6.07, 6.45) is -0.147. The quantitative estimate of drug-likeness (QED) is 0.466. The summed E-state index contributed by atoms with van der Waals surface area (Å²) in [5, 5.41) is 0. The summed E-state index contributed by atoms with van der Waals surface area (Å²) in [6, 6.07) is 8.55. The minimum atomic E-state index is -1.01. The minimum absolute atomic E-state index is 0.147. The fourth-order valence-corrected chi connectivity index (χ4v) is 1.46. The summed E-state index contributed by atoms with van der Waals surface area (Å²) in [7, 11) is 1.20. The summed E-state index contributed by atoms with van der Waals surface area (Å²) >= 11 is 0. The number of esters is 1. The molecule has 0 bridgehead atoms. The second-order valence-electron chi connectivity index (χ2n) is 3.68. The molecule has 1 aromatic carbocycles. The third kappa shape index (κ3) is 5.46. The second kappa shape index (κ2) is 9.03. The molecule has 0 fully saturated rings. The van der Waals surface area contributed by atoms with Gasteiger partial charge in [0.25, 0.3) is 0 Å².